The lowest BCUT2D eigenvalue weighted by Gasteiger charge is -2.24. The summed E-state index contributed by atoms with van der Waals surface area (Å²) >= 11 is 5.37. The molecule has 1 atom stereocenters. The van der Waals surface area contributed by atoms with Gasteiger partial charge in [0.2, 0.25) is 0 Å². The Labute approximate surface area is 157 Å². The van der Waals surface area contributed by atoms with Gasteiger partial charge >= 0.3 is 6.09 Å². The monoisotopic (exact) mass is 369 g/mol. The van der Waals surface area contributed by atoms with Gasteiger partial charge in [-0.1, -0.05) is 42.5 Å². The Hall–Kier alpha value is -2.93. The van der Waals surface area contributed by atoms with Crippen molar-refractivity contribution in [2.45, 2.75) is 12.5 Å². The number of hydrogen-bond donors (Lipinski definition) is 1. The van der Waals surface area contributed by atoms with Gasteiger partial charge in [-0.2, -0.15) is 5.10 Å². The van der Waals surface area contributed by atoms with Gasteiger partial charge in [0.05, 0.1) is 26.0 Å². The molecule has 0 radical (unpaired) electrons. The summed E-state index contributed by atoms with van der Waals surface area (Å²) in [5.74, 6) is 0.776. The van der Waals surface area contributed by atoms with Gasteiger partial charge in [0.15, 0.2) is 5.11 Å². The van der Waals surface area contributed by atoms with Crippen molar-refractivity contribution in [3.8, 4) is 5.75 Å². The van der Waals surface area contributed by atoms with Crippen molar-refractivity contribution < 1.29 is 14.3 Å². The van der Waals surface area contributed by atoms with Crippen LogP contribution in [0.5, 0.6) is 5.75 Å². The van der Waals surface area contributed by atoms with Crippen molar-refractivity contribution in [3.63, 3.8) is 0 Å². The van der Waals surface area contributed by atoms with Crippen molar-refractivity contribution in [1.29, 1.82) is 0 Å². The van der Waals surface area contributed by atoms with Gasteiger partial charge in [-0.05, 0) is 35.5 Å². The summed E-state index contributed by atoms with van der Waals surface area (Å²) in [6.45, 7) is 0. The molecule has 0 bridgehead atoms. The molecule has 1 aliphatic rings. The molecule has 134 valence electrons. The summed E-state index contributed by atoms with van der Waals surface area (Å²) < 4.78 is 9.86. The van der Waals surface area contributed by atoms with Crippen LogP contribution in [0.2, 0.25) is 0 Å². The second-order valence-electron chi connectivity index (χ2n) is 5.67. The van der Waals surface area contributed by atoms with Crippen molar-refractivity contribution in [2.75, 3.05) is 14.2 Å². The molecule has 1 amide bonds. The average Bonchev–Trinajstić information content (AvgIpc) is 3.14. The van der Waals surface area contributed by atoms with E-state index in [0.29, 0.717) is 6.42 Å². The molecular formula is C19H19N3O3S. The fourth-order valence-electron chi connectivity index (χ4n) is 2.78. The maximum absolute atomic E-state index is 11.5. The van der Waals surface area contributed by atoms with Gasteiger partial charge in [-0.3, -0.25) is 5.32 Å². The number of nitrogens with zero attached hydrogens (tertiary/aromatic N) is 2. The molecule has 0 aromatic heterocycles. The van der Waals surface area contributed by atoms with E-state index in [9.17, 15) is 4.79 Å². The summed E-state index contributed by atoms with van der Waals surface area (Å²) in [6.07, 6.45) is 0.0473. The Morgan fingerprint density at radius 1 is 1.15 bits per heavy atom. The lowest BCUT2D eigenvalue weighted by atomic mass is 9.98. The van der Waals surface area contributed by atoms with Crippen molar-refractivity contribution >= 4 is 29.1 Å². The number of thiocarbonyl (C=S) groups is 1. The molecule has 6 nitrogen and oxygen atoms in total. The lowest BCUT2D eigenvalue weighted by Crippen LogP contribution is -2.40. The third kappa shape index (κ3) is 3.83. The molecule has 0 saturated heterocycles. The molecule has 1 heterocycles. The summed E-state index contributed by atoms with van der Waals surface area (Å²) in [7, 11) is 2.92. The van der Waals surface area contributed by atoms with E-state index in [0.717, 1.165) is 22.6 Å². The van der Waals surface area contributed by atoms with Crippen LogP contribution in [0, 0.1) is 0 Å². The van der Waals surface area contributed by atoms with Crippen LogP contribution < -0.4 is 10.1 Å². The predicted molar refractivity (Wildman–Crippen MR) is 103 cm³/mol. The van der Waals surface area contributed by atoms with Gasteiger partial charge in [0.25, 0.3) is 0 Å². The van der Waals surface area contributed by atoms with Crippen LogP contribution in [0.4, 0.5) is 4.79 Å². The molecule has 0 fully saturated rings. The summed E-state index contributed by atoms with van der Waals surface area (Å²) in [6, 6.07) is 17.5. The highest BCUT2D eigenvalue weighted by Gasteiger charge is 2.32. The standard InChI is InChI=1S/C19H19N3O3S/c1-24-15-10-8-14(9-11-15)17-12-16(13-6-4-3-5-7-13)21-22(17)18(26)20-19(23)25-2/h3-11,17H,12H2,1-2H3,(H,20,23,26). The number of alkyl carbamates (subject to hydrolysis) is 1. The van der Waals surface area contributed by atoms with Gasteiger partial charge in [-0.15, -0.1) is 0 Å². The highest BCUT2D eigenvalue weighted by molar-refractivity contribution is 7.80. The van der Waals surface area contributed by atoms with E-state index in [1.165, 1.54) is 7.11 Å². The summed E-state index contributed by atoms with van der Waals surface area (Å²) in [5.41, 5.74) is 2.95. The highest BCUT2D eigenvalue weighted by atomic mass is 32.1. The number of carbonyl (C=O) groups excluding carboxylic acids is 1. The summed E-state index contributed by atoms with van der Waals surface area (Å²) in [5, 5.41) is 9.03. The van der Waals surface area contributed by atoms with E-state index in [-0.39, 0.29) is 11.2 Å². The molecule has 2 aromatic rings. The number of hydrazone groups is 1. The zero-order valence-corrected chi connectivity index (χ0v) is 15.3. The fourth-order valence-corrected chi connectivity index (χ4v) is 3.04. The zero-order valence-electron chi connectivity index (χ0n) is 14.5. The molecule has 2 aromatic carbocycles. The third-order valence-corrected chi connectivity index (χ3v) is 4.41. The first-order valence-electron chi connectivity index (χ1n) is 8.07. The first-order chi connectivity index (χ1) is 12.6. The Morgan fingerprint density at radius 2 is 1.85 bits per heavy atom. The number of rotatable bonds is 3. The van der Waals surface area contributed by atoms with Crippen molar-refractivity contribution in [1.82, 2.24) is 10.3 Å². The molecule has 1 aliphatic heterocycles. The predicted octanol–water partition coefficient (Wildman–Crippen LogP) is 3.49. The van der Waals surface area contributed by atoms with Gasteiger partial charge in [0, 0.05) is 6.42 Å². The molecule has 0 saturated carbocycles. The number of hydrogen-bond acceptors (Lipinski definition) is 5. The normalized spacial score (nSPS) is 16.0. The Kier molecular flexibility index (Phi) is 5.48. The van der Waals surface area contributed by atoms with Gasteiger partial charge in [-0.25, -0.2) is 9.80 Å². The van der Waals surface area contributed by atoms with Crippen LogP contribution in [-0.2, 0) is 4.74 Å². The maximum atomic E-state index is 11.5. The molecule has 1 unspecified atom stereocenters. The van der Waals surface area contributed by atoms with Crippen LogP contribution in [0.3, 0.4) is 0 Å². The molecule has 0 aliphatic carbocycles. The van der Waals surface area contributed by atoms with Crippen LogP contribution in [0.15, 0.2) is 59.7 Å². The third-order valence-electron chi connectivity index (χ3n) is 4.12. The van der Waals surface area contributed by atoms with Crippen LogP contribution >= 0.6 is 12.2 Å². The van der Waals surface area contributed by atoms with Gasteiger partial charge < -0.3 is 9.47 Å². The second kappa shape index (κ2) is 7.97. The highest BCUT2D eigenvalue weighted by Crippen LogP contribution is 2.33. The Morgan fingerprint density at radius 3 is 2.46 bits per heavy atom. The smallest absolute Gasteiger partial charge is 0.413 e. The number of carbonyl (C=O) groups is 1. The van der Waals surface area contributed by atoms with Crippen molar-refractivity contribution in [3.05, 3.63) is 65.7 Å². The molecule has 1 N–H and O–H groups in total. The zero-order chi connectivity index (χ0) is 18.5. The Bertz CT molecular complexity index is 822. The largest absolute Gasteiger partial charge is 0.497 e. The van der Waals surface area contributed by atoms with Gasteiger partial charge in [0.1, 0.15) is 5.75 Å². The minimum atomic E-state index is -0.619. The molecule has 0 spiro atoms. The van der Waals surface area contributed by atoms with E-state index in [2.05, 4.69) is 15.2 Å². The molecule has 26 heavy (non-hydrogen) atoms. The number of methoxy groups -OCH3 is 2. The van der Waals surface area contributed by atoms with Crippen LogP contribution in [0.1, 0.15) is 23.6 Å². The van der Waals surface area contributed by atoms with Crippen LogP contribution in [0.25, 0.3) is 0 Å². The molecule has 7 heteroatoms. The fraction of sp³-hybridized carbons (Fsp3) is 0.211. The van der Waals surface area contributed by atoms with E-state index in [1.54, 1.807) is 12.1 Å². The van der Waals surface area contributed by atoms with E-state index >= 15 is 0 Å². The first kappa shape index (κ1) is 17.9. The quantitative estimate of drug-likeness (QED) is 0.839. The first-order valence-corrected chi connectivity index (χ1v) is 8.48. The summed E-state index contributed by atoms with van der Waals surface area (Å²) in [4.78, 5) is 11.5. The topological polar surface area (TPSA) is 63.2 Å². The minimum Gasteiger partial charge on any atom is -0.497 e. The van der Waals surface area contributed by atoms with E-state index < -0.39 is 6.09 Å². The van der Waals surface area contributed by atoms with E-state index in [4.69, 9.17) is 17.0 Å². The molecular weight excluding hydrogens is 350 g/mol. The SMILES string of the molecule is COC(=O)NC(=S)N1N=C(c2ccccc2)CC1c1ccc(OC)cc1. The minimum absolute atomic E-state index is 0.124. The maximum Gasteiger partial charge on any atom is 0.413 e. The van der Waals surface area contributed by atoms with E-state index in [1.807, 2.05) is 54.6 Å². The number of amides is 1. The van der Waals surface area contributed by atoms with Crippen LogP contribution in [-0.4, -0.2) is 36.1 Å². The lowest BCUT2D eigenvalue weighted by molar-refractivity contribution is 0.175. The number of benzene rings is 2. The molecule has 3 rings (SSSR count). The number of ether oxygens (including phenoxy) is 2. The number of nitrogens with one attached hydrogen (secondary N) is 1. The average molecular weight is 369 g/mol. The van der Waals surface area contributed by atoms with Crippen molar-refractivity contribution in [2.24, 2.45) is 5.10 Å². The Balaban J connectivity index is 1.91. The second-order valence-corrected chi connectivity index (χ2v) is 6.06.